The molecule has 0 radical (unpaired) electrons. The number of nitrogens with one attached hydrogen (secondary N) is 1. The first kappa shape index (κ1) is 13.1. The Morgan fingerprint density at radius 3 is 3.10 bits per heavy atom. The highest BCUT2D eigenvalue weighted by atomic mass is 15.2. The van der Waals surface area contributed by atoms with Crippen LogP contribution in [0.1, 0.15) is 37.9 Å². The van der Waals surface area contributed by atoms with Gasteiger partial charge in [0.25, 0.3) is 0 Å². The summed E-state index contributed by atoms with van der Waals surface area (Å²) in [5, 5.41) is 0. The number of hydrogen-bond acceptors (Lipinski definition) is 3. The van der Waals surface area contributed by atoms with Crippen LogP contribution in [0, 0.1) is 5.92 Å². The maximum Gasteiger partial charge on any atom is 0.108 e. The van der Waals surface area contributed by atoms with E-state index >= 15 is 0 Å². The van der Waals surface area contributed by atoms with Crippen molar-refractivity contribution < 1.29 is 0 Å². The molecule has 4 rings (SSSR count). The quantitative estimate of drug-likeness (QED) is 0.852. The summed E-state index contributed by atoms with van der Waals surface area (Å²) in [6.07, 6.45) is 8.13. The van der Waals surface area contributed by atoms with Gasteiger partial charge in [-0.15, -0.1) is 0 Å². The maximum atomic E-state index is 5.82. The second-order valence-corrected chi connectivity index (χ2v) is 6.65. The average Bonchev–Trinajstić information content (AvgIpc) is 3.08. The highest BCUT2D eigenvalue weighted by Crippen LogP contribution is 2.36. The number of benzene rings is 1. The first-order valence-corrected chi connectivity index (χ1v) is 8.28. The SMILES string of the molecule is Nc1ccc2nc(CCN3CCC4CCCCC43)[nH]c2c1. The molecule has 1 aromatic carbocycles. The summed E-state index contributed by atoms with van der Waals surface area (Å²) in [5.41, 5.74) is 8.70. The van der Waals surface area contributed by atoms with Gasteiger partial charge in [-0.3, -0.25) is 4.90 Å². The lowest BCUT2D eigenvalue weighted by molar-refractivity contribution is 0.183. The normalized spacial score (nSPS) is 26.3. The number of rotatable bonds is 3. The third kappa shape index (κ3) is 2.53. The third-order valence-electron chi connectivity index (χ3n) is 5.32. The highest BCUT2D eigenvalue weighted by molar-refractivity contribution is 5.78. The van der Waals surface area contributed by atoms with Crippen molar-refractivity contribution in [1.29, 1.82) is 0 Å². The summed E-state index contributed by atoms with van der Waals surface area (Å²) >= 11 is 0. The van der Waals surface area contributed by atoms with Gasteiger partial charge in [0.1, 0.15) is 5.82 Å². The van der Waals surface area contributed by atoms with E-state index in [1.54, 1.807) is 0 Å². The Kier molecular flexibility index (Phi) is 3.34. The number of nitrogens with zero attached hydrogens (tertiary/aromatic N) is 2. The number of imidazole rings is 1. The molecule has 0 spiro atoms. The van der Waals surface area contributed by atoms with Crippen LogP contribution in [0.2, 0.25) is 0 Å². The average molecular weight is 284 g/mol. The molecule has 2 unspecified atom stereocenters. The minimum Gasteiger partial charge on any atom is -0.399 e. The predicted octanol–water partition coefficient (Wildman–Crippen LogP) is 2.95. The van der Waals surface area contributed by atoms with E-state index in [1.165, 1.54) is 38.6 Å². The summed E-state index contributed by atoms with van der Waals surface area (Å²) in [6.45, 7) is 2.42. The molecule has 112 valence electrons. The molecule has 3 N–H and O–H groups in total. The van der Waals surface area contributed by atoms with Crippen molar-refractivity contribution in [3.63, 3.8) is 0 Å². The maximum absolute atomic E-state index is 5.82. The fraction of sp³-hybridized carbons (Fsp3) is 0.588. The number of H-pyrrole nitrogens is 1. The summed E-state index contributed by atoms with van der Waals surface area (Å²) < 4.78 is 0. The Labute approximate surface area is 125 Å². The molecule has 0 amide bonds. The van der Waals surface area contributed by atoms with Crippen LogP contribution in [-0.2, 0) is 6.42 Å². The van der Waals surface area contributed by atoms with Gasteiger partial charge in [-0.2, -0.15) is 0 Å². The van der Waals surface area contributed by atoms with Gasteiger partial charge in [-0.25, -0.2) is 4.98 Å². The molecule has 21 heavy (non-hydrogen) atoms. The molecule has 1 saturated carbocycles. The van der Waals surface area contributed by atoms with Crippen LogP contribution in [0.15, 0.2) is 18.2 Å². The number of aromatic nitrogens is 2. The Morgan fingerprint density at radius 2 is 2.14 bits per heavy atom. The molecular formula is C17H24N4. The molecule has 1 aromatic heterocycles. The van der Waals surface area contributed by atoms with E-state index in [0.29, 0.717) is 0 Å². The van der Waals surface area contributed by atoms with Gasteiger partial charge in [-0.1, -0.05) is 12.8 Å². The van der Waals surface area contributed by atoms with Gasteiger partial charge < -0.3 is 10.7 Å². The molecule has 2 aromatic rings. The first-order valence-electron chi connectivity index (χ1n) is 8.28. The number of nitrogen functional groups attached to an aromatic ring is 1. The standard InChI is InChI=1S/C17H24N4/c18-13-5-6-14-15(11-13)20-17(19-14)8-10-21-9-7-12-3-1-2-4-16(12)21/h5-6,11-12,16H,1-4,7-10,18H2,(H,19,20). The van der Waals surface area contributed by atoms with E-state index in [2.05, 4.69) is 14.9 Å². The Bertz CT molecular complexity index is 633. The molecule has 2 heterocycles. The molecule has 4 heteroatoms. The van der Waals surface area contributed by atoms with Crippen molar-refractivity contribution in [3.8, 4) is 0 Å². The summed E-state index contributed by atoms with van der Waals surface area (Å²) in [5.74, 6) is 2.06. The smallest absolute Gasteiger partial charge is 0.108 e. The summed E-state index contributed by atoms with van der Waals surface area (Å²) in [4.78, 5) is 10.8. The number of nitrogens with two attached hydrogens (primary N) is 1. The van der Waals surface area contributed by atoms with Crippen molar-refractivity contribution in [2.24, 2.45) is 5.92 Å². The van der Waals surface area contributed by atoms with Crippen molar-refractivity contribution in [3.05, 3.63) is 24.0 Å². The fourth-order valence-electron chi connectivity index (χ4n) is 4.23. The lowest BCUT2D eigenvalue weighted by atomic mass is 9.85. The Hall–Kier alpha value is -1.55. The molecular weight excluding hydrogens is 260 g/mol. The number of likely N-dealkylation sites (tertiary alicyclic amines) is 1. The van der Waals surface area contributed by atoms with E-state index in [-0.39, 0.29) is 0 Å². The minimum atomic E-state index is 0.794. The van der Waals surface area contributed by atoms with Crippen LogP contribution in [0.5, 0.6) is 0 Å². The van der Waals surface area contributed by atoms with Crippen molar-refractivity contribution >= 4 is 16.7 Å². The Balaban J connectivity index is 1.43. The zero-order valence-corrected chi connectivity index (χ0v) is 12.5. The van der Waals surface area contributed by atoms with Crippen molar-refractivity contribution in [2.75, 3.05) is 18.8 Å². The summed E-state index contributed by atoms with van der Waals surface area (Å²) in [7, 11) is 0. The fourth-order valence-corrected chi connectivity index (χ4v) is 4.23. The van der Waals surface area contributed by atoms with Crippen LogP contribution in [-0.4, -0.2) is 34.0 Å². The van der Waals surface area contributed by atoms with Crippen LogP contribution >= 0.6 is 0 Å². The van der Waals surface area contributed by atoms with Crippen molar-refractivity contribution in [2.45, 2.75) is 44.6 Å². The minimum absolute atomic E-state index is 0.794. The molecule has 1 aliphatic heterocycles. The zero-order chi connectivity index (χ0) is 14.2. The van der Waals surface area contributed by atoms with E-state index < -0.39 is 0 Å². The van der Waals surface area contributed by atoms with Crippen LogP contribution in [0.4, 0.5) is 5.69 Å². The topological polar surface area (TPSA) is 57.9 Å². The second-order valence-electron chi connectivity index (χ2n) is 6.65. The van der Waals surface area contributed by atoms with Gasteiger partial charge in [0.15, 0.2) is 0 Å². The Morgan fingerprint density at radius 1 is 1.24 bits per heavy atom. The van der Waals surface area contributed by atoms with Gasteiger partial charge in [-0.05, 0) is 49.9 Å². The predicted molar refractivity (Wildman–Crippen MR) is 86.1 cm³/mol. The van der Waals surface area contributed by atoms with Gasteiger partial charge in [0.2, 0.25) is 0 Å². The lowest BCUT2D eigenvalue weighted by Gasteiger charge is -2.31. The van der Waals surface area contributed by atoms with E-state index in [9.17, 15) is 0 Å². The van der Waals surface area contributed by atoms with Gasteiger partial charge in [0.05, 0.1) is 11.0 Å². The summed E-state index contributed by atoms with van der Waals surface area (Å²) in [6, 6.07) is 6.73. The van der Waals surface area contributed by atoms with E-state index in [0.717, 1.165) is 47.5 Å². The van der Waals surface area contributed by atoms with E-state index in [4.69, 9.17) is 5.73 Å². The number of fused-ring (bicyclic) bond motifs is 2. The lowest BCUT2D eigenvalue weighted by Crippen LogP contribution is -2.36. The van der Waals surface area contributed by atoms with Crippen molar-refractivity contribution in [1.82, 2.24) is 14.9 Å². The zero-order valence-electron chi connectivity index (χ0n) is 12.5. The van der Waals surface area contributed by atoms with Gasteiger partial charge in [0, 0.05) is 24.7 Å². The van der Waals surface area contributed by atoms with E-state index in [1.807, 2.05) is 18.2 Å². The molecule has 0 bridgehead atoms. The molecule has 1 saturated heterocycles. The molecule has 1 aliphatic carbocycles. The largest absolute Gasteiger partial charge is 0.399 e. The number of anilines is 1. The molecule has 4 nitrogen and oxygen atoms in total. The van der Waals surface area contributed by atoms with Crippen LogP contribution in [0.25, 0.3) is 11.0 Å². The molecule has 2 aliphatic rings. The number of aromatic amines is 1. The van der Waals surface area contributed by atoms with Gasteiger partial charge >= 0.3 is 0 Å². The molecule has 2 fully saturated rings. The molecule has 2 atom stereocenters. The highest BCUT2D eigenvalue weighted by Gasteiger charge is 2.35. The number of hydrogen-bond donors (Lipinski definition) is 2. The van der Waals surface area contributed by atoms with Crippen LogP contribution in [0.3, 0.4) is 0 Å². The monoisotopic (exact) mass is 284 g/mol. The second kappa shape index (κ2) is 5.34. The van der Waals surface area contributed by atoms with Crippen LogP contribution < -0.4 is 5.73 Å². The first-order chi connectivity index (χ1) is 10.3. The third-order valence-corrected chi connectivity index (χ3v) is 5.32.